The van der Waals surface area contributed by atoms with Gasteiger partial charge < -0.3 is 14.6 Å². The molecule has 0 N–H and O–H groups in total. The van der Waals surface area contributed by atoms with Crippen LogP contribution in [0.25, 0.3) is 11.1 Å². The van der Waals surface area contributed by atoms with Gasteiger partial charge in [-0.05, 0) is 54.7 Å². The van der Waals surface area contributed by atoms with Crippen molar-refractivity contribution in [3.63, 3.8) is 0 Å². The second-order valence-corrected chi connectivity index (χ2v) is 7.46. The van der Waals surface area contributed by atoms with Crippen molar-refractivity contribution < 1.29 is 32.2 Å². The van der Waals surface area contributed by atoms with Crippen molar-refractivity contribution in [1.29, 1.82) is 0 Å². The van der Waals surface area contributed by atoms with E-state index in [2.05, 4.69) is 9.97 Å². The molecule has 33 heavy (non-hydrogen) atoms. The number of benzene rings is 1. The molecule has 0 radical (unpaired) electrons. The number of aromatic nitrogens is 2. The number of carbonyl (C=O) groups is 1. The number of nitrogens with zero attached hydrogens (tertiary/aromatic N) is 2. The second kappa shape index (κ2) is 9.01. The number of aromatic carboxylic acids is 1. The summed E-state index contributed by atoms with van der Waals surface area (Å²) in [5.41, 5.74) is 0.593. The average molecular weight is 457 g/mol. The largest absolute Gasteiger partial charge is 0.543 e. The molecule has 0 unspecified atom stereocenters. The van der Waals surface area contributed by atoms with Crippen molar-refractivity contribution in [1.82, 2.24) is 9.97 Å². The monoisotopic (exact) mass is 457 g/mol. The molecule has 4 rings (SSSR count). The average Bonchev–Trinajstić information content (AvgIpc) is 3.28. The first-order chi connectivity index (χ1) is 15.7. The molecular formula is C24H17F4N2O3-. The molecule has 3 aromatic rings. The van der Waals surface area contributed by atoms with E-state index in [9.17, 15) is 27.5 Å². The third kappa shape index (κ3) is 4.87. The predicted octanol–water partition coefficient (Wildman–Crippen LogP) is 4.67. The van der Waals surface area contributed by atoms with E-state index in [0.717, 1.165) is 6.07 Å². The molecule has 0 atom stereocenters. The van der Waals surface area contributed by atoms with E-state index >= 15 is 0 Å². The van der Waals surface area contributed by atoms with E-state index in [1.807, 2.05) is 0 Å². The number of alkyl halides is 3. The Morgan fingerprint density at radius 1 is 1.06 bits per heavy atom. The number of halogens is 4. The van der Waals surface area contributed by atoms with Crippen molar-refractivity contribution >= 4 is 17.1 Å². The Morgan fingerprint density at radius 3 is 2.55 bits per heavy atom. The number of pyridine rings is 2. The number of ether oxygens (including phenoxy) is 1. The molecule has 9 heteroatoms. The van der Waals surface area contributed by atoms with Crippen molar-refractivity contribution in [3.8, 4) is 5.88 Å². The standard InChI is InChI=1S/C24H18F4N2O3/c25-19-8-2-1-5-14(19)13-33-22-18(11-15(12-29-22)24(26,27)28)16-6-3-7-17(16)20-9-4-10-21(30-20)23(31)32/h1-2,4-5,8-12H,3,6-7,13H2,(H,31,32)/p-1. The molecule has 2 heterocycles. The third-order valence-electron chi connectivity index (χ3n) is 5.31. The number of rotatable bonds is 6. The molecule has 0 saturated heterocycles. The lowest BCUT2D eigenvalue weighted by atomic mass is 9.99. The molecule has 0 saturated carbocycles. The Morgan fingerprint density at radius 2 is 1.82 bits per heavy atom. The minimum atomic E-state index is -4.63. The number of hydrogen-bond acceptors (Lipinski definition) is 5. The highest BCUT2D eigenvalue weighted by molar-refractivity contribution is 5.94. The smallest absolute Gasteiger partial charge is 0.417 e. The molecule has 5 nitrogen and oxygen atoms in total. The molecule has 170 valence electrons. The minimum Gasteiger partial charge on any atom is -0.543 e. The van der Waals surface area contributed by atoms with Crippen LogP contribution in [0.2, 0.25) is 0 Å². The van der Waals surface area contributed by atoms with Crippen LogP contribution in [0.1, 0.15) is 52.1 Å². The number of allylic oxidation sites excluding steroid dienone is 2. The predicted molar refractivity (Wildman–Crippen MR) is 109 cm³/mol. The molecule has 2 aromatic heterocycles. The van der Waals surface area contributed by atoms with Gasteiger partial charge in [-0.25, -0.2) is 14.4 Å². The Balaban J connectivity index is 1.79. The van der Waals surface area contributed by atoms with E-state index in [0.29, 0.717) is 42.3 Å². The van der Waals surface area contributed by atoms with Crippen LogP contribution < -0.4 is 9.84 Å². The molecule has 1 aliphatic rings. The summed E-state index contributed by atoms with van der Waals surface area (Å²) in [6.45, 7) is -0.223. The van der Waals surface area contributed by atoms with Crippen molar-refractivity contribution in [2.75, 3.05) is 0 Å². The summed E-state index contributed by atoms with van der Waals surface area (Å²) in [6.07, 6.45) is -2.42. The molecule has 0 fully saturated rings. The van der Waals surface area contributed by atoms with Crippen LogP contribution in [0.4, 0.5) is 17.6 Å². The summed E-state index contributed by atoms with van der Waals surface area (Å²) < 4.78 is 59.9. The first-order valence-corrected chi connectivity index (χ1v) is 10.1. The minimum absolute atomic E-state index is 0.0725. The highest BCUT2D eigenvalue weighted by Gasteiger charge is 2.33. The molecular weight excluding hydrogens is 440 g/mol. The maximum atomic E-state index is 14.0. The Labute approximate surface area is 186 Å². The van der Waals surface area contributed by atoms with E-state index in [4.69, 9.17) is 4.74 Å². The number of carboxylic acid groups (broad SMARTS) is 1. The highest BCUT2D eigenvalue weighted by Crippen LogP contribution is 2.43. The van der Waals surface area contributed by atoms with Gasteiger partial charge in [0.15, 0.2) is 0 Å². The summed E-state index contributed by atoms with van der Waals surface area (Å²) in [5.74, 6) is -2.03. The summed E-state index contributed by atoms with van der Waals surface area (Å²) in [5, 5.41) is 11.2. The third-order valence-corrected chi connectivity index (χ3v) is 5.31. The van der Waals surface area contributed by atoms with Crippen molar-refractivity contribution in [2.45, 2.75) is 32.0 Å². The zero-order valence-electron chi connectivity index (χ0n) is 17.2. The van der Waals surface area contributed by atoms with E-state index in [1.165, 1.54) is 30.3 Å². The topological polar surface area (TPSA) is 75.1 Å². The lowest BCUT2D eigenvalue weighted by Crippen LogP contribution is -2.23. The normalized spacial score (nSPS) is 13.9. The fraction of sp³-hybridized carbons (Fsp3) is 0.208. The van der Waals surface area contributed by atoms with Gasteiger partial charge in [0.1, 0.15) is 12.4 Å². The van der Waals surface area contributed by atoms with Crippen LogP contribution in [-0.4, -0.2) is 15.9 Å². The van der Waals surface area contributed by atoms with Gasteiger partial charge in [0.05, 0.1) is 22.9 Å². The fourth-order valence-corrected chi connectivity index (χ4v) is 3.74. The van der Waals surface area contributed by atoms with Crippen LogP contribution in [-0.2, 0) is 12.8 Å². The maximum absolute atomic E-state index is 14.0. The van der Waals surface area contributed by atoms with Gasteiger partial charge in [0, 0.05) is 17.3 Å². The van der Waals surface area contributed by atoms with Gasteiger partial charge in [-0.15, -0.1) is 0 Å². The number of carboxylic acids is 1. The number of hydrogen-bond donors (Lipinski definition) is 0. The van der Waals surface area contributed by atoms with Crippen LogP contribution >= 0.6 is 0 Å². The van der Waals surface area contributed by atoms with Gasteiger partial charge in [-0.1, -0.05) is 24.3 Å². The van der Waals surface area contributed by atoms with Gasteiger partial charge in [-0.3, -0.25) is 0 Å². The first kappa shape index (κ1) is 22.4. The van der Waals surface area contributed by atoms with Crippen LogP contribution in [0, 0.1) is 5.82 Å². The zero-order chi connectivity index (χ0) is 23.6. The summed E-state index contributed by atoms with van der Waals surface area (Å²) >= 11 is 0. The van der Waals surface area contributed by atoms with E-state index < -0.39 is 23.5 Å². The molecule has 0 amide bonds. The zero-order valence-corrected chi connectivity index (χ0v) is 17.2. The van der Waals surface area contributed by atoms with Crippen LogP contribution in [0.15, 0.2) is 54.7 Å². The van der Waals surface area contributed by atoms with Crippen molar-refractivity contribution in [2.24, 2.45) is 0 Å². The van der Waals surface area contributed by atoms with Gasteiger partial charge >= 0.3 is 6.18 Å². The SMILES string of the molecule is O=C([O-])c1cccc(C2=C(c3cc(C(F)(F)F)cnc3OCc3ccccc3F)CCC2)n1. The van der Waals surface area contributed by atoms with E-state index in [-0.39, 0.29) is 29.3 Å². The molecule has 0 aliphatic heterocycles. The Bertz CT molecular complexity index is 1240. The Kier molecular flexibility index (Phi) is 6.13. The lowest BCUT2D eigenvalue weighted by molar-refractivity contribution is -0.255. The van der Waals surface area contributed by atoms with E-state index in [1.54, 1.807) is 12.1 Å². The molecule has 0 spiro atoms. The Hall–Kier alpha value is -3.75. The summed E-state index contributed by atoms with van der Waals surface area (Å²) in [6, 6.07) is 11.2. The molecule has 1 aromatic carbocycles. The van der Waals surface area contributed by atoms with Crippen molar-refractivity contribution in [3.05, 3.63) is 88.6 Å². The maximum Gasteiger partial charge on any atom is 0.417 e. The van der Waals surface area contributed by atoms with Crippen LogP contribution in [0.5, 0.6) is 5.88 Å². The van der Waals surface area contributed by atoms with Gasteiger partial charge in [0.25, 0.3) is 0 Å². The lowest BCUT2D eigenvalue weighted by Gasteiger charge is -2.16. The summed E-state index contributed by atoms with van der Waals surface area (Å²) in [4.78, 5) is 19.2. The molecule has 0 bridgehead atoms. The number of carbonyl (C=O) groups excluding carboxylic acids is 1. The summed E-state index contributed by atoms with van der Waals surface area (Å²) in [7, 11) is 0. The van der Waals surface area contributed by atoms with Crippen LogP contribution in [0.3, 0.4) is 0 Å². The van der Waals surface area contributed by atoms with Gasteiger partial charge in [0.2, 0.25) is 5.88 Å². The quantitative estimate of drug-likeness (QED) is 0.503. The second-order valence-electron chi connectivity index (χ2n) is 7.46. The first-order valence-electron chi connectivity index (χ1n) is 10.1. The van der Waals surface area contributed by atoms with Gasteiger partial charge in [-0.2, -0.15) is 13.2 Å². The highest BCUT2D eigenvalue weighted by atomic mass is 19.4. The molecule has 1 aliphatic carbocycles. The fourth-order valence-electron chi connectivity index (χ4n) is 3.74.